The van der Waals surface area contributed by atoms with E-state index in [-0.39, 0.29) is 6.10 Å². The summed E-state index contributed by atoms with van der Waals surface area (Å²) in [4.78, 5) is 0. The van der Waals surface area contributed by atoms with Crippen molar-refractivity contribution in [3.63, 3.8) is 0 Å². The molecule has 1 aliphatic heterocycles. The zero-order valence-electron chi connectivity index (χ0n) is 7.42. The van der Waals surface area contributed by atoms with Crippen LogP contribution in [0.4, 0.5) is 0 Å². The minimum absolute atomic E-state index is 0.168. The lowest BCUT2D eigenvalue weighted by atomic mass is 10.4. The number of rotatable bonds is 3. The molecule has 1 rings (SSSR count). The van der Waals surface area contributed by atoms with Crippen LogP contribution in [0.2, 0.25) is 19.6 Å². The van der Waals surface area contributed by atoms with Crippen LogP contribution in [0.15, 0.2) is 0 Å². The van der Waals surface area contributed by atoms with Gasteiger partial charge in [-0.05, 0) is 19.6 Å². The van der Waals surface area contributed by atoms with E-state index in [0.717, 1.165) is 0 Å². The predicted octanol–water partition coefficient (Wildman–Crippen LogP) is 1.21. The van der Waals surface area contributed by atoms with E-state index in [0.29, 0.717) is 20.0 Å². The number of ether oxygens (including phenoxy) is 2. The molecule has 0 amide bonds. The van der Waals surface area contributed by atoms with Crippen molar-refractivity contribution in [2.75, 3.05) is 20.0 Å². The van der Waals surface area contributed by atoms with Crippen LogP contribution in [0.5, 0.6) is 0 Å². The Morgan fingerprint density at radius 1 is 1.45 bits per heavy atom. The van der Waals surface area contributed by atoms with Crippen LogP contribution >= 0.6 is 0 Å². The molecule has 0 spiro atoms. The average molecular weight is 176 g/mol. The van der Waals surface area contributed by atoms with E-state index >= 15 is 0 Å². The van der Waals surface area contributed by atoms with Gasteiger partial charge in [-0.2, -0.15) is 0 Å². The Kier molecular flexibility index (Phi) is 3.06. The lowest BCUT2D eigenvalue weighted by Crippen LogP contribution is -2.31. The second kappa shape index (κ2) is 3.67. The van der Waals surface area contributed by atoms with Gasteiger partial charge in [0, 0.05) is 0 Å². The van der Waals surface area contributed by atoms with Crippen LogP contribution in [0.1, 0.15) is 0 Å². The summed E-state index contributed by atoms with van der Waals surface area (Å²) in [5.74, 6) is 0. The van der Waals surface area contributed by atoms with Crippen LogP contribution in [0.3, 0.4) is 0 Å². The largest absolute Gasteiger partial charge is 0.415 e. The summed E-state index contributed by atoms with van der Waals surface area (Å²) in [6, 6.07) is 0. The summed E-state index contributed by atoms with van der Waals surface area (Å²) in [7, 11) is -1.36. The quantitative estimate of drug-likeness (QED) is 0.605. The first-order valence-electron chi connectivity index (χ1n) is 3.91. The summed E-state index contributed by atoms with van der Waals surface area (Å²) < 4.78 is 15.9. The fraction of sp³-hybridized carbons (Fsp3) is 1.00. The maximum Gasteiger partial charge on any atom is 0.183 e. The molecule has 0 radical (unpaired) electrons. The summed E-state index contributed by atoms with van der Waals surface area (Å²) in [6.45, 7) is 8.31. The summed E-state index contributed by atoms with van der Waals surface area (Å²) in [5.41, 5.74) is 0. The first kappa shape index (κ1) is 9.19. The molecule has 0 N–H and O–H groups in total. The maximum atomic E-state index is 5.65. The molecule has 0 aromatic carbocycles. The highest BCUT2D eigenvalue weighted by Crippen LogP contribution is 2.08. The van der Waals surface area contributed by atoms with Crippen molar-refractivity contribution in [2.24, 2.45) is 0 Å². The Balaban J connectivity index is 2.11. The van der Waals surface area contributed by atoms with Gasteiger partial charge in [0.1, 0.15) is 12.9 Å². The van der Waals surface area contributed by atoms with Crippen molar-refractivity contribution in [1.82, 2.24) is 0 Å². The third kappa shape index (κ3) is 3.86. The first-order chi connectivity index (χ1) is 5.08. The summed E-state index contributed by atoms with van der Waals surface area (Å²) >= 11 is 0. The van der Waals surface area contributed by atoms with Crippen molar-refractivity contribution < 1.29 is 13.9 Å². The van der Waals surface area contributed by atoms with Crippen LogP contribution in [-0.2, 0) is 13.9 Å². The molecule has 1 aliphatic rings. The van der Waals surface area contributed by atoms with Gasteiger partial charge in [-0.3, -0.25) is 0 Å². The van der Waals surface area contributed by atoms with E-state index in [1.165, 1.54) is 0 Å². The summed E-state index contributed by atoms with van der Waals surface area (Å²) in [5, 5.41) is 0. The molecule has 1 unspecified atom stereocenters. The Labute approximate surface area is 68.8 Å². The zero-order valence-corrected chi connectivity index (χ0v) is 8.42. The van der Waals surface area contributed by atoms with Crippen molar-refractivity contribution in [2.45, 2.75) is 25.7 Å². The maximum absolute atomic E-state index is 5.65. The Morgan fingerprint density at radius 3 is 2.64 bits per heavy atom. The normalized spacial score (nSPS) is 25.9. The lowest BCUT2D eigenvalue weighted by Gasteiger charge is -2.18. The highest BCUT2D eigenvalue weighted by Gasteiger charge is 2.21. The third-order valence-electron chi connectivity index (χ3n) is 1.39. The van der Waals surface area contributed by atoms with Gasteiger partial charge in [-0.15, -0.1) is 0 Å². The lowest BCUT2D eigenvalue weighted by molar-refractivity contribution is 0.0309. The minimum atomic E-state index is -1.36. The molecule has 1 saturated heterocycles. The van der Waals surface area contributed by atoms with E-state index < -0.39 is 8.32 Å². The van der Waals surface area contributed by atoms with Gasteiger partial charge in [0.25, 0.3) is 0 Å². The highest BCUT2D eigenvalue weighted by molar-refractivity contribution is 6.69. The van der Waals surface area contributed by atoms with Crippen molar-refractivity contribution in [3.8, 4) is 0 Å². The fourth-order valence-corrected chi connectivity index (χ4v) is 1.50. The SMILES string of the molecule is C[Si](C)(C)OCC1COCO1. The Bertz CT molecular complexity index is 115. The molecule has 1 fully saturated rings. The van der Waals surface area contributed by atoms with Crippen molar-refractivity contribution in [3.05, 3.63) is 0 Å². The average Bonchev–Trinajstić information content (AvgIpc) is 2.32. The second-order valence-corrected chi connectivity index (χ2v) is 8.21. The summed E-state index contributed by atoms with van der Waals surface area (Å²) in [6.07, 6.45) is 0.168. The van der Waals surface area contributed by atoms with Crippen molar-refractivity contribution in [1.29, 1.82) is 0 Å². The molecule has 66 valence electrons. The first-order valence-corrected chi connectivity index (χ1v) is 7.32. The van der Waals surface area contributed by atoms with Gasteiger partial charge >= 0.3 is 0 Å². The highest BCUT2D eigenvalue weighted by atomic mass is 28.4. The monoisotopic (exact) mass is 176 g/mol. The minimum Gasteiger partial charge on any atom is -0.415 e. The van der Waals surface area contributed by atoms with E-state index in [1.54, 1.807) is 0 Å². The molecule has 0 aromatic heterocycles. The number of hydrogen-bond donors (Lipinski definition) is 0. The third-order valence-corrected chi connectivity index (χ3v) is 2.43. The van der Waals surface area contributed by atoms with Crippen LogP contribution < -0.4 is 0 Å². The smallest absolute Gasteiger partial charge is 0.183 e. The molecule has 0 bridgehead atoms. The van der Waals surface area contributed by atoms with E-state index in [4.69, 9.17) is 13.9 Å². The second-order valence-electron chi connectivity index (χ2n) is 3.70. The van der Waals surface area contributed by atoms with Gasteiger partial charge < -0.3 is 13.9 Å². The van der Waals surface area contributed by atoms with Gasteiger partial charge in [0.2, 0.25) is 0 Å². The van der Waals surface area contributed by atoms with Gasteiger partial charge in [-0.25, -0.2) is 0 Å². The fourth-order valence-electron chi connectivity index (χ4n) is 0.811. The molecular formula is C7H16O3Si. The molecular weight excluding hydrogens is 160 g/mol. The predicted molar refractivity (Wildman–Crippen MR) is 45.0 cm³/mol. The van der Waals surface area contributed by atoms with E-state index in [9.17, 15) is 0 Å². The molecule has 3 nitrogen and oxygen atoms in total. The molecule has 0 aliphatic carbocycles. The van der Waals surface area contributed by atoms with Crippen molar-refractivity contribution >= 4 is 8.32 Å². The van der Waals surface area contributed by atoms with Crippen LogP contribution in [0, 0.1) is 0 Å². The van der Waals surface area contributed by atoms with Crippen LogP contribution in [-0.4, -0.2) is 34.4 Å². The molecule has 0 saturated carbocycles. The molecule has 0 aromatic rings. The molecule has 1 heterocycles. The Hall–Kier alpha value is 0.0969. The molecule has 4 heteroatoms. The van der Waals surface area contributed by atoms with E-state index in [2.05, 4.69) is 19.6 Å². The zero-order chi connectivity index (χ0) is 8.32. The number of hydrogen-bond acceptors (Lipinski definition) is 3. The van der Waals surface area contributed by atoms with Gasteiger partial charge in [-0.1, -0.05) is 0 Å². The Morgan fingerprint density at radius 2 is 2.18 bits per heavy atom. The molecule has 1 atom stereocenters. The topological polar surface area (TPSA) is 27.7 Å². The standard InChI is InChI=1S/C7H16O3Si/c1-11(2,3)10-5-7-4-8-6-9-7/h7H,4-6H2,1-3H3. The van der Waals surface area contributed by atoms with Gasteiger partial charge in [0.05, 0.1) is 13.2 Å². The van der Waals surface area contributed by atoms with E-state index in [1.807, 2.05) is 0 Å². The van der Waals surface area contributed by atoms with Crippen LogP contribution in [0.25, 0.3) is 0 Å². The van der Waals surface area contributed by atoms with Gasteiger partial charge in [0.15, 0.2) is 8.32 Å². The molecule has 11 heavy (non-hydrogen) atoms.